The number of nitrogens with one attached hydrogen (secondary N) is 1. The van der Waals surface area contributed by atoms with E-state index < -0.39 is 6.10 Å². The molecule has 0 saturated carbocycles. The first-order valence-electron chi connectivity index (χ1n) is 9.83. The molecule has 2 aromatic rings. The first-order valence-corrected chi connectivity index (χ1v) is 9.83. The number of carbonyl (C=O) groups excluding carboxylic acids is 2. The Balaban J connectivity index is 1.55. The molecule has 29 heavy (non-hydrogen) atoms. The highest BCUT2D eigenvalue weighted by molar-refractivity contribution is 5.96. The van der Waals surface area contributed by atoms with Crippen molar-refractivity contribution in [2.24, 2.45) is 5.92 Å². The number of likely N-dealkylation sites (tertiary alicyclic amines) is 1. The van der Waals surface area contributed by atoms with Crippen LogP contribution in [0.2, 0.25) is 0 Å². The topological polar surface area (TPSA) is 82.4 Å². The van der Waals surface area contributed by atoms with Gasteiger partial charge in [0.15, 0.2) is 6.10 Å². The van der Waals surface area contributed by atoms with Crippen molar-refractivity contribution in [3.8, 4) is 11.8 Å². The Morgan fingerprint density at radius 1 is 1.10 bits per heavy atom. The van der Waals surface area contributed by atoms with Crippen molar-refractivity contribution in [2.75, 3.05) is 18.4 Å². The lowest BCUT2D eigenvalue weighted by Gasteiger charge is -2.30. The van der Waals surface area contributed by atoms with E-state index in [9.17, 15) is 9.59 Å². The van der Waals surface area contributed by atoms with E-state index in [1.54, 1.807) is 55.5 Å². The van der Waals surface area contributed by atoms with E-state index >= 15 is 0 Å². The molecule has 0 radical (unpaired) electrons. The lowest BCUT2D eigenvalue weighted by atomic mass is 9.98. The molecule has 2 amide bonds. The number of piperidine rings is 1. The van der Waals surface area contributed by atoms with Crippen LogP contribution in [0.5, 0.6) is 5.75 Å². The SMILES string of the molecule is CC1CCN(C(=O)c2ccc(NC(=O)C(C)Oc3ccc(C#N)cc3)cc2)CC1. The van der Waals surface area contributed by atoms with Crippen LogP contribution in [0, 0.1) is 17.2 Å². The van der Waals surface area contributed by atoms with Crippen molar-refractivity contribution in [2.45, 2.75) is 32.8 Å². The van der Waals surface area contributed by atoms with E-state index in [0.29, 0.717) is 28.5 Å². The van der Waals surface area contributed by atoms with Crippen LogP contribution in [0.3, 0.4) is 0 Å². The summed E-state index contributed by atoms with van der Waals surface area (Å²) in [6.45, 7) is 5.46. The molecule has 0 spiro atoms. The van der Waals surface area contributed by atoms with Gasteiger partial charge in [-0.3, -0.25) is 9.59 Å². The number of hydrogen-bond acceptors (Lipinski definition) is 4. The van der Waals surface area contributed by atoms with Gasteiger partial charge < -0.3 is 15.0 Å². The number of nitriles is 1. The second kappa shape index (κ2) is 9.24. The molecule has 0 aromatic heterocycles. The molecular formula is C23H25N3O3. The van der Waals surface area contributed by atoms with Gasteiger partial charge in [0.05, 0.1) is 11.6 Å². The van der Waals surface area contributed by atoms with Crippen molar-refractivity contribution in [1.82, 2.24) is 4.90 Å². The van der Waals surface area contributed by atoms with Crippen LogP contribution in [-0.4, -0.2) is 35.9 Å². The Bertz CT molecular complexity index is 892. The summed E-state index contributed by atoms with van der Waals surface area (Å²) >= 11 is 0. The molecule has 0 bridgehead atoms. The van der Waals surface area contributed by atoms with E-state index in [-0.39, 0.29) is 11.8 Å². The number of rotatable bonds is 5. The zero-order valence-electron chi connectivity index (χ0n) is 16.7. The molecule has 1 aliphatic heterocycles. The molecule has 1 atom stereocenters. The van der Waals surface area contributed by atoms with Crippen molar-refractivity contribution in [3.63, 3.8) is 0 Å². The van der Waals surface area contributed by atoms with Crippen LogP contribution in [0.25, 0.3) is 0 Å². The van der Waals surface area contributed by atoms with Crippen LogP contribution < -0.4 is 10.1 Å². The minimum atomic E-state index is -0.709. The molecule has 1 N–H and O–H groups in total. The van der Waals surface area contributed by atoms with Gasteiger partial charge in [-0.25, -0.2) is 0 Å². The second-order valence-electron chi connectivity index (χ2n) is 7.44. The summed E-state index contributed by atoms with van der Waals surface area (Å²) in [7, 11) is 0. The lowest BCUT2D eigenvalue weighted by molar-refractivity contribution is -0.122. The molecule has 1 unspecified atom stereocenters. The zero-order valence-corrected chi connectivity index (χ0v) is 16.7. The third-order valence-electron chi connectivity index (χ3n) is 5.14. The summed E-state index contributed by atoms with van der Waals surface area (Å²) in [6.07, 6.45) is 1.37. The third kappa shape index (κ3) is 5.35. The molecule has 1 fully saturated rings. The monoisotopic (exact) mass is 391 g/mol. The average Bonchev–Trinajstić information content (AvgIpc) is 2.75. The van der Waals surface area contributed by atoms with Crippen molar-refractivity contribution in [1.29, 1.82) is 5.26 Å². The smallest absolute Gasteiger partial charge is 0.265 e. The zero-order chi connectivity index (χ0) is 20.8. The maximum Gasteiger partial charge on any atom is 0.265 e. The molecule has 1 saturated heterocycles. The Morgan fingerprint density at radius 2 is 1.72 bits per heavy atom. The predicted molar refractivity (Wildman–Crippen MR) is 111 cm³/mol. The predicted octanol–water partition coefficient (Wildman–Crippen LogP) is 3.84. The third-order valence-corrected chi connectivity index (χ3v) is 5.14. The number of hydrogen-bond donors (Lipinski definition) is 1. The van der Waals surface area contributed by atoms with Gasteiger partial charge in [0.1, 0.15) is 5.75 Å². The standard InChI is InChI=1S/C23H25N3O3/c1-16-11-13-26(14-12-16)23(28)19-5-7-20(8-6-19)25-22(27)17(2)29-21-9-3-18(15-24)4-10-21/h3-10,16-17H,11-14H2,1-2H3,(H,25,27). The van der Waals surface area contributed by atoms with Crippen LogP contribution in [0.1, 0.15) is 42.6 Å². The Kier molecular flexibility index (Phi) is 6.50. The Labute approximate surface area is 171 Å². The van der Waals surface area contributed by atoms with Gasteiger partial charge in [-0.2, -0.15) is 5.26 Å². The number of ether oxygens (including phenoxy) is 1. The van der Waals surface area contributed by atoms with Gasteiger partial charge in [-0.05, 0) is 74.2 Å². The summed E-state index contributed by atoms with van der Waals surface area (Å²) in [5.74, 6) is 0.930. The van der Waals surface area contributed by atoms with Crippen LogP contribution in [-0.2, 0) is 4.79 Å². The molecule has 6 heteroatoms. The first-order chi connectivity index (χ1) is 14.0. The maximum absolute atomic E-state index is 12.6. The minimum absolute atomic E-state index is 0.0345. The van der Waals surface area contributed by atoms with Crippen LogP contribution in [0.4, 0.5) is 5.69 Å². The summed E-state index contributed by atoms with van der Waals surface area (Å²) in [5, 5.41) is 11.6. The fraction of sp³-hybridized carbons (Fsp3) is 0.348. The number of carbonyl (C=O) groups is 2. The lowest BCUT2D eigenvalue weighted by Crippen LogP contribution is -2.37. The average molecular weight is 391 g/mol. The fourth-order valence-corrected chi connectivity index (χ4v) is 3.20. The van der Waals surface area contributed by atoms with Gasteiger partial charge >= 0.3 is 0 Å². The Morgan fingerprint density at radius 3 is 2.31 bits per heavy atom. The molecule has 6 nitrogen and oxygen atoms in total. The van der Waals surface area contributed by atoms with Gasteiger partial charge in [0.25, 0.3) is 11.8 Å². The van der Waals surface area contributed by atoms with Gasteiger partial charge in [-0.1, -0.05) is 6.92 Å². The number of amides is 2. The second-order valence-corrected chi connectivity index (χ2v) is 7.44. The van der Waals surface area contributed by atoms with Gasteiger partial charge in [0.2, 0.25) is 0 Å². The highest BCUT2D eigenvalue weighted by Gasteiger charge is 2.21. The normalized spacial score (nSPS) is 15.3. The molecule has 1 heterocycles. The van der Waals surface area contributed by atoms with Crippen LogP contribution >= 0.6 is 0 Å². The summed E-state index contributed by atoms with van der Waals surface area (Å²) in [4.78, 5) is 26.9. The summed E-state index contributed by atoms with van der Waals surface area (Å²) in [5.41, 5.74) is 1.76. The van der Waals surface area contributed by atoms with Crippen LogP contribution in [0.15, 0.2) is 48.5 Å². The van der Waals surface area contributed by atoms with Crippen molar-refractivity contribution < 1.29 is 14.3 Å². The van der Waals surface area contributed by atoms with E-state index in [1.807, 2.05) is 11.0 Å². The minimum Gasteiger partial charge on any atom is -0.481 e. The highest BCUT2D eigenvalue weighted by Crippen LogP contribution is 2.19. The van der Waals surface area contributed by atoms with E-state index in [4.69, 9.17) is 10.00 Å². The maximum atomic E-state index is 12.6. The summed E-state index contributed by atoms with van der Waals surface area (Å²) in [6, 6.07) is 15.6. The molecule has 3 rings (SSSR count). The van der Waals surface area contributed by atoms with Crippen molar-refractivity contribution in [3.05, 3.63) is 59.7 Å². The van der Waals surface area contributed by atoms with E-state index in [1.165, 1.54) is 0 Å². The quantitative estimate of drug-likeness (QED) is 0.840. The fourth-order valence-electron chi connectivity index (χ4n) is 3.20. The largest absolute Gasteiger partial charge is 0.481 e. The van der Waals surface area contributed by atoms with E-state index in [2.05, 4.69) is 12.2 Å². The molecule has 2 aromatic carbocycles. The number of nitrogens with zero attached hydrogens (tertiary/aromatic N) is 2. The molecule has 0 aliphatic carbocycles. The number of benzene rings is 2. The van der Waals surface area contributed by atoms with E-state index in [0.717, 1.165) is 25.9 Å². The number of anilines is 1. The van der Waals surface area contributed by atoms with Gasteiger partial charge in [-0.15, -0.1) is 0 Å². The summed E-state index contributed by atoms with van der Waals surface area (Å²) < 4.78 is 5.62. The first kappa shape index (κ1) is 20.4. The van der Waals surface area contributed by atoms with Crippen molar-refractivity contribution >= 4 is 17.5 Å². The molecular weight excluding hydrogens is 366 g/mol. The highest BCUT2D eigenvalue weighted by atomic mass is 16.5. The molecule has 1 aliphatic rings. The van der Waals surface area contributed by atoms with Gasteiger partial charge in [0, 0.05) is 24.3 Å². The molecule has 150 valence electrons. The Hall–Kier alpha value is -3.33.